The molecule has 0 aliphatic carbocycles. The Kier molecular flexibility index (Phi) is 3.02. The zero-order chi connectivity index (χ0) is 11.5. The molecule has 0 fully saturated rings. The van der Waals surface area contributed by atoms with Gasteiger partial charge in [-0.2, -0.15) is 0 Å². The summed E-state index contributed by atoms with van der Waals surface area (Å²) in [6, 6.07) is 15.5. The molecule has 0 bridgehead atoms. The van der Waals surface area contributed by atoms with Crippen molar-refractivity contribution < 1.29 is 0 Å². The molecule has 3 heteroatoms. The maximum absolute atomic E-state index is 5.85. The lowest BCUT2D eigenvalue weighted by Gasteiger charge is -2.19. The number of nitrogen functional groups attached to an aromatic ring is 1. The van der Waals surface area contributed by atoms with Crippen molar-refractivity contribution in [1.29, 1.82) is 0 Å². The SMILES string of the molecule is CN(c1ccc(N)cc1)c1ccc(Cl)cc1. The van der Waals surface area contributed by atoms with Crippen molar-refractivity contribution in [3.63, 3.8) is 0 Å². The molecule has 2 aromatic rings. The number of hydrogen-bond acceptors (Lipinski definition) is 2. The fourth-order valence-electron chi connectivity index (χ4n) is 1.51. The summed E-state index contributed by atoms with van der Waals surface area (Å²) in [5, 5.41) is 0.745. The van der Waals surface area contributed by atoms with Gasteiger partial charge in [-0.1, -0.05) is 11.6 Å². The number of rotatable bonds is 2. The van der Waals surface area contributed by atoms with Gasteiger partial charge in [-0.05, 0) is 48.5 Å². The van der Waals surface area contributed by atoms with Crippen LogP contribution >= 0.6 is 11.6 Å². The summed E-state index contributed by atoms with van der Waals surface area (Å²) in [5.41, 5.74) is 8.61. The summed E-state index contributed by atoms with van der Waals surface area (Å²) in [6.45, 7) is 0. The lowest BCUT2D eigenvalue weighted by molar-refractivity contribution is 1.21. The lowest BCUT2D eigenvalue weighted by atomic mass is 10.2. The minimum Gasteiger partial charge on any atom is -0.399 e. The summed E-state index contributed by atoms with van der Waals surface area (Å²) in [4.78, 5) is 2.08. The van der Waals surface area contributed by atoms with Crippen LogP contribution in [0.4, 0.5) is 17.1 Å². The van der Waals surface area contributed by atoms with Crippen LogP contribution in [0.1, 0.15) is 0 Å². The van der Waals surface area contributed by atoms with E-state index in [1.807, 2.05) is 55.6 Å². The molecule has 0 saturated carbocycles. The largest absolute Gasteiger partial charge is 0.399 e. The topological polar surface area (TPSA) is 29.3 Å². The van der Waals surface area contributed by atoms with E-state index >= 15 is 0 Å². The van der Waals surface area contributed by atoms with Gasteiger partial charge in [0.1, 0.15) is 0 Å². The third-order valence-corrected chi connectivity index (χ3v) is 2.75. The molecule has 82 valence electrons. The first-order valence-electron chi connectivity index (χ1n) is 5.01. The quantitative estimate of drug-likeness (QED) is 0.801. The Morgan fingerprint density at radius 2 is 1.31 bits per heavy atom. The molecule has 0 saturated heterocycles. The van der Waals surface area contributed by atoms with E-state index in [4.69, 9.17) is 17.3 Å². The highest BCUT2D eigenvalue weighted by Crippen LogP contribution is 2.25. The Hall–Kier alpha value is -1.67. The van der Waals surface area contributed by atoms with Gasteiger partial charge >= 0.3 is 0 Å². The number of anilines is 3. The molecule has 0 amide bonds. The van der Waals surface area contributed by atoms with Gasteiger partial charge in [0.2, 0.25) is 0 Å². The van der Waals surface area contributed by atoms with E-state index in [0.717, 1.165) is 22.1 Å². The Labute approximate surface area is 100 Å². The van der Waals surface area contributed by atoms with Crippen LogP contribution in [0, 0.1) is 0 Å². The van der Waals surface area contributed by atoms with Crippen molar-refractivity contribution in [3.05, 3.63) is 53.6 Å². The van der Waals surface area contributed by atoms with Crippen LogP contribution in [0.2, 0.25) is 5.02 Å². The molecule has 0 aromatic heterocycles. The average Bonchev–Trinajstić information content (AvgIpc) is 2.30. The highest BCUT2D eigenvalue weighted by molar-refractivity contribution is 6.30. The van der Waals surface area contributed by atoms with Crippen molar-refractivity contribution in [2.24, 2.45) is 0 Å². The number of hydrogen-bond donors (Lipinski definition) is 1. The molecule has 0 spiro atoms. The first-order valence-corrected chi connectivity index (χ1v) is 5.39. The monoisotopic (exact) mass is 232 g/mol. The average molecular weight is 233 g/mol. The van der Waals surface area contributed by atoms with E-state index < -0.39 is 0 Å². The molecule has 0 unspecified atom stereocenters. The Morgan fingerprint density at radius 1 is 0.875 bits per heavy atom. The van der Waals surface area contributed by atoms with Crippen LogP contribution in [-0.4, -0.2) is 7.05 Å². The minimum atomic E-state index is 0.745. The number of halogens is 1. The summed E-state index contributed by atoms with van der Waals surface area (Å²) < 4.78 is 0. The Bertz CT molecular complexity index is 417. The normalized spacial score (nSPS) is 10.1. The van der Waals surface area contributed by atoms with Crippen LogP contribution in [0.3, 0.4) is 0 Å². The summed E-state index contributed by atoms with van der Waals surface area (Å²) in [7, 11) is 2.01. The van der Waals surface area contributed by atoms with Crippen molar-refractivity contribution in [2.45, 2.75) is 0 Å². The molecule has 0 aliphatic heterocycles. The van der Waals surface area contributed by atoms with Crippen molar-refractivity contribution in [1.82, 2.24) is 0 Å². The minimum absolute atomic E-state index is 0.745. The van der Waals surface area contributed by atoms with E-state index in [9.17, 15) is 0 Å². The highest BCUT2D eigenvalue weighted by atomic mass is 35.5. The number of nitrogens with two attached hydrogens (primary N) is 1. The molecule has 0 heterocycles. The van der Waals surface area contributed by atoms with Crippen molar-refractivity contribution in [2.75, 3.05) is 17.7 Å². The van der Waals surface area contributed by atoms with Gasteiger partial charge in [-0.25, -0.2) is 0 Å². The standard InChI is InChI=1S/C13H13ClN2/c1-16(12-6-2-10(14)3-7-12)13-8-4-11(15)5-9-13/h2-9H,15H2,1H3. The van der Waals surface area contributed by atoms with Gasteiger partial charge in [0, 0.05) is 29.1 Å². The summed E-state index contributed by atoms with van der Waals surface area (Å²) in [6.07, 6.45) is 0. The first kappa shape index (κ1) is 10.8. The number of nitrogens with zero attached hydrogens (tertiary/aromatic N) is 1. The molecule has 2 nitrogen and oxygen atoms in total. The number of benzene rings is 2. The molecular formula is C13H13ClN2. The zero-order valence-electron chi connectivity index (χ0n) is 9.02. The Balaban J connectivity index is 2.28. The van der Waals surface area contributed by atoms with Crippen molar-refractivity contribution in [3.8, 4) is 0 Å². The smallest absolute Gasteiger partial charge is 0.0409 e. The van der Waals surface area contributed by atoms with E-state index in [1.54, 1.807) is 0 Å². The molecule has 0 aliphatic rings. The zero-order valence-corrected chi connectivity index (χ0v) is 9.78. The van der Waals surface area contributed by atoms with Gasteiger partial charge in [0.05, 0.1) is 0 Å². The van der Waals surface area contributed by atoms with E-state index in [2.05, 4.69) is 4.90 Å². The second-order valence-corrected chi connectivity index (χ2v) is 4.06. The van der Waals surface area contributed by atoms with Gasteiger partial charge in [0.25, 0.3) is 0 Å². The van der Waals surface area contributed by atoms with Gasteiger partial charge < -0.3 is 10.6 Å². The van der Waals surface area contributed by atoms with Crippen LogP contribution in [0.15, 0.2) is 48.5 Å². The molecule has 2 rings (SSSR count). The third-order valence-electron chi connectivity index (χ3n) is 2.49. The molecule has 2 aromatic carbocycles. The fourth-order valence-corrected chi connectivity index (χ4v) is 1.64. The second kappa shape index (κ2) is 4.45. The van der Waals surface area contributed by atoms with Crippen LogP contribution in [0.25, 0.3) is 0 Å². The maximum atomic E-state index is 5.85. The first-order chi connectivity index (χ1) is 7.66. The van der Waals surface area contributed by atoms with Crippen molar-refractivity contribution >= 4 is 28.7 Å². The third kappa shape index (κ3) is 2.28. The fraction of sp³-hybridized carbons (Fsp3) is 0.0769. The molecule has 16 heavy (non-hydrogen) atoms. The van der Waals surface area contributed by atoms with E-state index in [0.29, 0.717) is 0 Å². The predicted molar refractivity (Wildman–Crippen MR) is 70.4 cm³/mol. The summed E-state index contributed by atoms with van der Waals surface area (Å²) in [5.74, 6) is 0. The Morgan fingerprint density at radius 3 is 1.81 bits per heavy atom. The van der Waals surface area contributed by atoms with E-state index in [1.165, 1.54) is 0 Å². The summed E-state index contributed by atoms with van der Waals surface area (Å²) >= 11 is 5.85. The highest BCUT2D eigenvalue weighted by Gasteiger charge is 2.02. The van der Waals surface area contributed by atoms with Crippen LogP contribution in [-0.2, 0) is 0 Å². The predicted octanol–water partition coefficient (Wildman–Crippen LogP) is 3.69. The molecule has 2 N–H and O–H groups in total. The second-order valence-electron chi connectivity index (χ2n) is 3.63. The lowest BCUT2D eigenvalue weighted by Crippen LogP contribution is -2.08. The maximum Gasteiger partial charge on any atom is 0.0409 e. The van der Waals surface area contributed by atoms with Crippen LogP contribution < -0.4 is 10.6 Å². The molecule has 0 atom stereocenters. The van der Waals surface area contributed by atoms with Crippen LogP contribution in [0.5, 0.6) is 0 Å². The van der Waals surface area contributed by atoms with Gasteiger partial charge in [-0.3, -0.25) is 0 Å². The van der Waals surface area contributed by atoms with Gasteiger partial charge in [-0.15, -0.1) is 0 Å². The molecular weight excluding hydrogens is 220 g/mol. The van der Waals surface area contributed by atoms with E-state index in [-0.39, 0.29) is 0 Å². The van der Waals surface area contributed by atoms with Gasteiger partial charge in [0.15, 0.2) is 0 Å². The molecule has 0 radical (unpaired) electrons.